The van der Waals surface area contributed by atoms with Crippen molar-refractivity contribution in [3.63, 3.8) is 0 Å². The van der Waals surface area contributed by atoms with Gasteiger partial charge in [-0.2, -0.15) is 0 Å². The van der Waals surface area contributed by atoms with E-state index in [9.17, 15) is 9.59 Å². The Morgan fingerprint density at radius 2 is 1.58 bits per heavy atom. The van der Waals surface area contributed by atoms with Gasteiger partial charge in [0.2, 0.25) is 5.91 Å². The molecule has 0 saturated carbocycles. The van der Waals surface area contributed by atoms with Crippen LogP contribution in [0.15, 0.2) is 83.9 Å². The molecular formula is C29H26N4O2S. The fourth-order valence-electron chi connectivity index (χ4n) is 4.17. The van der Waals surface area contributed by atoms with E-state index in [1.54, 1.807) is 0 Å². The molecule has 7 heteroatoms. The summed E-state index contributed by atoms with van der Waals surface area (Å²) in [5.74, 6) is -0.290. The molecule has 2 aromatic heterocycles. The SMILES string of the molecule is Cc1ccc(-c2c(C)sc3ncn(CC(=O)Nc4ccc(Nc5ccccc5)cc4)c(=O)c23)cc1C. The Morgan fingerprint density at radius 1 is 0.889 bits per heavy atom. The zero-order chi connectivity index (χ0) is 25.2. The number of rotatable bonds is 6. The van der Waals surface area contributed by atoms with Crippen LogP contribution in [-0.2, 0) is 11.3 Å². The van der Waals surface area contributed by atoms with Gasteiger partial charge >= 0.3 is 0 Å². The second-order valence-electron chi connectivity index (χ2n) is 8.81. The predicted molar refractivity (Wildman–Crippen MR) is 148 cm³/mol. The van der Waals surface area contributed by atoms with Gasteiger partial charge in [0.25, 0.3) is 5.56 Å². The number of aromatic nitrogens is 2. The summed E-state index contributed by atoms with van der Waals surface area (Å²) in [6, 6.07) is 23.5. The van der Waals surface area contributed by atoms with Crippen molar-refractivity contribution in [3.05, 3.63) is 105 Å². The van der Waals surface area contributed by atoms with Crippen LogP contribution in [0.3, 0.4) is 0 Å². The second kappa shape index (κ2) is 9.79. The minimum Gasteiger partial charge on any atom is -0.356 e. The smallest absolute Gasteiger partial charge is 0.263 e. The number of anilines is 3. The number of hydrogen-bond donors (Lipinski definition) is 2. The van der Waals surface area contributed by atoms with Gasteiger partial charge in [-0.15, -0.1) is 11.3 Å². The minimum absolute atomic E-state index is 0.118. The molecule has 5 aromatic rings. The third-order valence-electron chi connectivity index (χ3n) is 6.20. The van der Waals surface area contributed by atoms with Crippen molar-refractivity contribution >= 4 is 44.5 Å². The largest absolute Gasteiger partial charge is 0.356 e. The van der Waals surface area contributed by atoms with Crippen molar-refractivity contribution in [1.29, 1.82) is 0 Å². The normalized spacial score (nSPS) is 11.0. The number of carbonyl (C=O) groups is 1. The van der Waals surface area contributed by atoms with Crippen molar-refractivity contribution in [2.45, 2.75) is 27.3 Å². The molecule has 36 heavy (non-hydrogen) atoms. The molecule has 6 nitrogen and oxygen atoms in total. The number of aryl methyl sites for hydroxylation is 3. The van der Waals surface area contributed by atoms with Gasteiger partial charge in [0.05, 0.1) is 11.7 Å². The van der Waals surface area contributed by atoms with Gasteiger partial charge in [-0.25, -0.2) is 4.98 Å². The summed E-state index contributed by atoms with van der Waals surface area (Å²) in [5, 5.41) is 6.74. The summed E-state index contributed by atoms with van der Waals surface area (Å²) >= 11 is 1.50. The first-order valence-corrected chi connectivity index (χ1v) is 12.5. The molecule has 1 amide bonds. The molecule has 0 spiro atoms. The molecule has 2 heterocycles. The highest BCUT2D eigenvalue weighted by atomic mass is 32.1. The Morgan fingerprint density at radius 3 is 2.31 bits per heavy atom. The molecule has 0 saturated heterocycles. The van der Waals surface area contributed by atoms with Crippen LogP contribution in [0.25, 0.3) is 21.3 Å². The maximum absolute atomic E-state index is 13.4. The average Bonchev–Trinajstić information content (AvgIpc) is 3.21. The minimum atomic E-state index is -0.290. The van der Waals surface area contributed by atoms with Gasteiger partial charge in [-0.3, -0.25) is 14.2 Å². The molecule has 0 aliphatic rings. The van der Waals surface area contributed by atoms with Crippen LogP contribution in [0.4, 0.5) is 17.1 Å². The van der Waals surface area contributed by atoms with Gasteiger partial charge in [0, 0.05) is 27.5 Å². The standard InChI is InChI=1S/C29H26N4O2S/c1-18-9-10-21(15-19(18)2)26-20(3)36-28-27(26)29(35)33(17-30-28)16-25(34)32-24-13-11-23(12-14-24)31-22-7-5-4-6-8-22/h4-15,17,31H,16H2,1-3H3,(H,32,34). The number of fused-ring (bicyclic) bond motifs is 1. The number of hydrogen-bond acceptors (Lipinski definition) is 5. The lowest BCUT2D eigenvalue weighted by molar-refractivity contribution is -0.116. The van der Waals surface area contributed by atoms with Crippen LogP contribution in [-0.4, -0.2) is 15.5 Å². The molecule has 0 fully saturated rings. The molecule has 3 aromatic carbocycles. The van der Waals surface area contributed by atoms with Crippen molar-refractivity contribution in [2.24, 2.45) is 0 Å². The lowest BCUT2D eigenvalue weighted by Crippen LogP contribution is -2.27. The van der Waals surface area contributed by atoms with Gasteiger partial charge in [0.1, 0.15) is 11.4 Å². The van der Waals surface area contributed by atoms with E-state index in [-0.39, 0.29) is 18.0 Å². The zero-order valence-electron chi connectivity index (χ0n) is 20.3. The van der Waals surface area contributed by atoms with Crippen molar-refractivity contribution < 1.29 is 4.79 Å². The molecule has 180 valence electrons. The molecule has 0 atom stereocenters. The monoisotopic (exact) mass is 494 g/mol. The van der Waals surface area contributed by atoms with E-state index in [1.165, 1.54) is 33.4 Å². The van der Waals surface area contributed by atoms with Crippen LogP contribution in [0.1, 0.15) is 16.0 Å². The van der Waals surface area contributed by atoms with E-state index >= 15 is 0 Å². The van der Waals surface area contributed by atoms with Gasteiger partial charge in [-0.05, 0) is 73.9 Å². The third kappa shape index (κ3) is 4.78. The van der Waals surface area contributed by atoms with Crippen LogP contribution in [0, 0.1) is 20.8 Å². The molecular weight excluding hydrogens is 468 g/mol. The highest BCUT2D eigenvalue weighted by molar-refractivity contribution is 7.19. The maximum Gasteiger partial charge on any atom is 0.263 e. The summed E-state index contributed by atoms with van der Waals surface area (Å²) in [6.45, 7) is 6.02. The van der Waals surface area contributed by atoms with E-state index in [4.69, 9.17) is 0 Å². The summed E-state index contributed by atoms with van der Waals surface area (Å²) in [4.78, 5) is 32.4. The zero-order valence-corrected chi connectivity index (χ0v) is 21.1. The lowest BCUT2D eigenvalue weighted by atomic mass is 9.99. The van der Waals surface area contributed by atoms with Gasteiger partial charge in [-0.1, -0.05) is 36.4 Å². The summed E-state index contributed by atoms with van der Waals surface area (Å²) < 4.78 is 1.37. The Balaban J connectivity index is 1.36. The molecule has 0 aliphatic heterocycles. The van der Waals surface area contributed by atoms with Crippen molar-refractivity contribution in [3.8, 4) is 11.1 Å². The quantitative estimate of drug-likeness (QED) is 0.285. The number of benzene rings is 3. The lowest BCUT2D eigenvalue weighted by Gasteiger charge is -2.10. The van der Waals surface area contributed by atoms with E-state index in [0.29, 0.717) is 15.9 Å². The van der Waals surface area contributed by atoms with Crippen LogP contribution < -0.4 is 16.2 Å². The second-order valence-corrected chi connectivity index (χ2v) is 10.0. The molecule has 0 radical (unpaired) electrons. The summed E-state index contributed by atoms with van der Waals surface area (Å²) in [7, 11) is 0. The van der Waals surface area contributed by atoms with Gasteiger partial charge < -0.3 is 10.6 Å². The Bertz CT molecular complexity index is 1620. The number of thiophene rings is 1. The Hall–Kier alpha value is -4.23. The van der Waals surface area contributed by atoms with E-state index in [1.807, 2.05) is 67.6 Å². The Labute approximate surface area is 213 Å². The average molecular weight is 495 g/mol. The molecule has 0 unspecified atom stereocenters. The first-order chi connectivity index (χ1) is 17.4. The van der Waals surface area contributed by atoms with E-state index in [0.717, 1.165) is 27.4 Å². The van der Waals surface area contributed by atoms with Crippen LogP contribution in [0.5, 0.6) is 0 Å². The van der Waals surface area contributed by atoms with Crippen LogP contribution >= 0.6 is 11.3 Å². The molecule has 0 aliphatic carbocycles. The molecule has 0 bridgehead atoms. The first kappa shape index (κ1) is 23.5. The maximum atomic E-state index is 13.4. The fourth-order valence-corrected chi connectivity index (χ4v) is 5.18. The number of para-hydroxylation sites is 1. The topological polar surface area (TPSA) is 76.0 Å². The predicted octanol–water partition coefficient (Wildman–Crippen LogP) is 6.43. The number of carbonyl (C=O) groups excluding carboxylic acids is 1. The summed E-state index contributed by atoms with van der Waals surface area (Å²) in [5.41, 5.74) is 6.60. The number of amides is 1. The molecule has 5 rings (SSSR count). The van der Waals surface area contributed by atoms with Crippen LogP contribution in [0.2, 0.25) is 0 Å². The Kier molecular flexibility index (Phi) is 6.40. The van der Waals surface area contributed by atoms with E-state index < -0.39 is 0 Å². The van der Waals surface area contributed by atoms with Crippen molar-refractivity contribution in [2.75, 3.05) is 10.6 Å². The third-order valence-corrected chi connectivity index (χ3v) is 7.21. The number of nitrogens with zero attached hydrogens (tertiary/aromatic N) is 2. The van der Waals surface area contributed by atoms with E-state index in [2.05, 4.69) is 41.6 Å². The van der Waals surface area contributed by atoms with Crippen molar-refractivity contribution in [1.82, 2.24) is 9.55 Å². The van der Waals surface area contributed by atoms with Gasteiger partial charge in [0.15, 0.2) is 0 Å². The first-order valence-electron chi connectivity index (χ1n) is 11.7. The highest BCUT2D eigenvalue weighted by Crippen LogP contribution is 2.36. The summed E-state index contributed by atoms with van der Waals surface area (Å²) in [6.07, 6.45) is 1.46. The number of nitrogens with one attached hydrogen (secondary N) is 2. The fraction of sp³-hybridized carbons (Fsp3) is 0.138. The highest BCUT2D eigenvalue weighted by Gasteiger charge is 2.18. The molecule has 2 N–H and O–H groups in total.